The Hall–Kier alpha value is -1.36. The van der Waals surface area contributed by atoms with Gasteiger partial charge in [0.25, 0.3) is 5.91 Å². The molecule has 0 bridgehead atoms. The molecule has 0 spiro atoms. The zero-order valence-electron chi connectivity index (χ0n) is 7.98. The highest BCUT2D eigenvalue weighted by Crippen LogP contribution is 2.17. The van der Waals surface area contributed by atoms with Gasteiger partial charge in [-0.25, -0.2) is 4.79 Å². The van der Waals surface area contributed by atoms with Gasteiger partial charge in [-0.2, -0.15) is 0 Å². The van der Waals surface area contributed by atoms with Gasteiger partial charge in [-0.1, -0.05) is 0 Å². The van der Waals surface area contributed by atoms with Gasteiger partial charge >= 0.3 is 5.97 Å². The number of hydrogen-bond donors (Lipinski definition) is 1. The standard InChI is InChI=1S/C9H11NO3S/c1-3-10(2)8(11)6-4-5-7(14-6)9(12)13/h4-5H,3H2,1-2H3,(H,12,13). The van der Waals surface area contributed by atoms with Crippen LogP contribution in [0.4, 0.5) is 0 Å². The van der Waals surface area contributed by atoms with Crippen LogP contribution in [0.5, 0.6) is 0 Å². The van der Waals surface area contributed by atoms with E-state index in [2.05, 4.69) is 0 Å². The molecule has 0 aliphatic heterocycles. The monoisotopic (exact) mass is 213 g/mol. The van der Waals surface area contributed by atoms with E-state index in [0.717, 1.165) is 11.3 Å². The first-order chi connectivity index (χ1) is 6.56. The number of aromatic carboxylic acids is 1. The van der Waals surface area contributed by atoms with Crippen molar-refractivity contribution in [3.63, 3.8) is 0 Å². The molecule has 76 valence electrons. The summed E-state index contributed by atoms with van der Waals surface area (Å²) in [5.74, 6) is -1.13. The highest BCUT2D eigenvalue weighted by molar-refractivity contribution is 7.15. The maximum Gasteiger partial charge on any atom is 0.345 e. The fourth-order valence-electron chi connectivity index (χ4n) is 0.899. The van der Waals surface area contributed by atoms with E-state index in [9.17, 15) is 9.59 Å². The van der Waals surface area contributed by atoms with Crippen LogP contribution < -0.4 is 0 Å². The van der Waals surface area contributed by atoms with Crippen molar-refractivity contribution in [3.05, 3.63) is 21.9 Å². The first-order valence-electron chi connectivity index (χ1n) is 4.14. The molecule has 0 unspecified atom stereocenters. The summed E-state index contributed by atoms with van der Waals surface area (Å²) < 4.78 is 0. The quantitative estimate of drug-likeness (QED) is 0.828. The van der Waals surface area contributed by atoms with Crippen molar-refractivity contribution in [3.8, 4) is 0 Å². The van der Waals surface area contributed by atoms with Crippen molar-refractivity contribution in [2.75, 3.05) is 13.6 Å². The Bertz CT molecular complexity index is 359. The largest absolute Gasteiger partial charge is 0.477 e. The smallest absolute Gasteiger partial charge is 0.345 e. The molecule has 0 saturated carbocycles. The van der Waals surface area contributed by atoms with Crippen LogP contribution in [-0.2, 0) is 0 Å². The highest BCUT2D eigenvalue weighted by Gasteiger charge is 2.14. The van der Waals surface area contributed by atoms with Crippen molar-refractivity contribution in [1.82, 2.24) is 4.90 Å². The maximum atomic E-state index is 11.6. The summed E-state index contributed by atoms with van der Waals surface area (Å²) in [4.78, 5) is 24.3. The first-order valence-corrected chi connectivity index (χ1v) is 4.96. The van der Waals surface area contributed by atoms with Crippen molar-refractivity contribution in [1.29, 1.82) is 0 Å². The van der Waals surface area contributed by atoms with Gasteiger partial charge in [0.15, 0.2) is 0 Å². The second-order valence-corrected chi connectivity index (χ2v) is 3.87. The number of amides is 1. The number of hydrogen-bond acceptors (Lipinski definition) is 3. The molecule has 1 aromatic heterocycles. The fraction of sp³-hybridized carbons (Fsp3) is 0.333. The number of carbonyl (C=O) groups is 2. The van der Waals surface area contributed by atoms with E-state index in [1.54, 1.807) is 13.1 Å². The Morgan fingerprint density at radius 2 is 2.00 bits per heavy atom. The molecule has 1 N–H and O–H groups in total. The van der Waals surface area contributed by atoms with Crippen LogP contribution in [0.15, 0.2) is 12.1 Å². The Labute approximate surface area is 85.8 Å². The minimum Gasteiger partial charge on any atom is -0.477 e. The molecule has 1 aromatic rings. The van der Waals surface area contributed by atoms with Crippen LogP contribution in [0.3, 0.4) is 0 Å². The van der Waals surface area contributed by atoms with Gasteiger partial charge < -0.3 is 10.0 Å². The molecule has 0 radical (unpaired) electrons. The van der Waals surface area contributed by atoms with Gasteiger partial charge in [-0.3, -0.25) is 4.79 Å². The summed E-state index contributed by atoms with van der Waals surface area (Å²) in [5.41, 5.74) is 0. The van der Waals surface area contributed by atoms with Crippen molar-refractivity contribution < 1.29 is 14.7 Å². The summed E-state index contributed by atoms with van der Waals surface area (Å²) in [6.07, 6.45) is 0. The molecule has 0 saturated heterocycles. The lowest BCUT2D eigenvalue weighted by molar-refractivity contribution is 0.0701. The molecule has 0 fully saturated rings. The molecule has 0 aromatic carbocycles. The Morgan fingerprint density at radius 3 is 2.43 bits per heavy atom. The van der Waals surface area contributed by atoms with E-state index in [-0.39, 0.29) is 10.8 Å². The van der Waals surface area contributed by atoms with Gasteiger partial charge in [0.2, 0.25) is 0 Å². The van der Waals surface area contributed by atoms with E-state index in [1.165, 1.54) is 11.0 Å². The third-order valence-corrected chi connectivity index (χ3v) is 2.91. The normalized spacial score (nSPS) is 9.86. The van der Waals surface area contributed by atoms with Crippen LogP contribution in [0, 0.1) is 0 Å². The van der Waals surface area contributed by atoms with Crippen molar-refractivity contribution >= 4 is 23.2 Å². The molecule has 0 aliphatic rings. The van der Waals surface area contributed by atoms with Crippen molar-refractivity contribution in [2.45, 2.75) is 6.92 Å². The van der Waals surface area contributed by atoms with Crippen LogP contribution in [0.25, 0.3) is 0 Å². The fourth-order valence-corrected chi connectivity index (χ4v) is 1.74. The van der Waals surface area contributed by atoms with Gasteiger partial charge in [-0.15, -0.1) is 11.3 Å². The minimum atomic E-state index is -0.992. The number of carboxylic acid groups (broad SMARTS) is 1. The number of thiophene rings is 1. The van der Waals surface area contributed by atoms with Gasteiger partial charge in [0.1, 0.15) is 4.88 Å². The lowest BCUT2D eigenvalue weighted by Gasteiger charge is -2.12. The molecule has 0 aliphatic carbocycles. The second kappa shape index (κ2) is 4.23. The summed E-state index contributed by atoms with van der Waals surface area (Å²) in [6.45, 7) is 2.47. The molecular weight excluding hydrogens is 202 g/mol. The van der Waals surface area contributed by atoms with Gasteiger partial charge in [0, 0.05) is 13.6 Å². The average molecular weight is 213 g/mol. The molecule has 1 heterocycles. The van der Waals surface area contributed by atoms with E-state index in [4.69, 9.17) is 5.11 Å². The summed E-state index contributed by atoms with van der Waals surface area (Å²) in [6, 6.07) is 2.99. The molecular formula is C9H11NO3S. The predicted molar refractivity (Wildman–Crippen MR) is 53.9 cm³/mol. The summed E-state index contributed by atoms with van der Waals surface area (Å²) in [5, 5.41) is 8.66. The molecule has 5 heteroatoms. The van der Waals surface area contributed by atoms with Gasteiger partial charge in [0.05, 0.1) is 4.88 Å². The number of nitrogens with zero attached hydrogens (tertiary/aromatic N) is 1. The van der Waals surface area contributed by atoms with E-state index in [0.29, 0.717) is 11.4 Å². The molecule has 1 amide bonds. The van der Waals surface area contributed by atoms with E-state index < -0.39 is 5.97 Å². The summed E-state index contributed by atoms with van der Waals surface area (Å²) in [7, 11) is 1.68. The third kappa shape index (κ3) is 2.11. The lowest BCUT2D eigenvalue weighted by atomic mass is 10.4. The Kier molecular flexibility index (Phi) is 3.24. The minimum absolute atomic E-state index is 0.134. The predicted octanol–water partition coefficient (Wildman–Crippen LogP) is 1.54. The number of rotatable bonds is 3. The van der Waals surface area contributed by atoms with Crippen molar-refractivity contribution in [2.24, 2.45) is 0 Å². The average Bonchev–Trinajstić information content (AvgIpc) is 2.64. The van der Waals surface area contributed by atoms with Crippen LogP contribution >= 0.6 is 11.3 Å². The Morgan fingerprint density at radius 1 is 1.43 bits per heavy atom. The van der Waals surface area contributed by atoms with Crippen LogP contribution in [0.1, 0.15) is 26.3 Å². The van der Waals surface area contributed by atoms with Gasteiger partial charge in [-0.05, 0) is 19.1 Å². The molecule has 14 heavy (non-hydrogen) atoms. The maximum absolute atomic E-state index is 11.6. The topological polar surface area (TPSA) is 57.6 Å². The third-order valence-electron chi connectivity index (χ3n) is 1.85. The summed E-state index contributed by atoms with van der Waals surface area (Å²) >= 11 is 1.00. The molecule has 4 nitrogen and oxygen atoms in total. The zero-order valence-corrected chi connectivity index (χ0v) is 8.80. The molecule has 1 rings (SSSR count). The van der Waals surface area contributed by atoms with E-state index >= 15 is 0 Å². The SMILES string of the molecule is CCN(C)C(=O)c1ccc(C(=O)O)s1. The molecule has 0 atom stereocenters. The van der Waals surface area contributed by atoms with E-state index in [1.807, 2.05) is 6.92 Å². The number of carboxylic acids is 1. The number of carbonyl (C=O) groups excluding carboxylic acids is 1. The zero-order chi connectivity index (χ0) is 10.7. The lowest BCUT2D eigenvalue weighted by Crippen LogP contribution is -2.25. The van der Waals surface area contributed by atoms with Crippen LogP contribution in [-0.4, -0.2) is 35.5 Å². The van der Waals surface area contributed by atoms with Crippen LogP contribution in [0.2, 0.25) is 0 Å². The Balaban J connectivity index is 2.87. The second-order valence-electron chi connectivity index (χ2n) is 2.79. The first kappa shape index (κ1) is 10.7. The highest BCUT2D eigenvalue weighted by atomic mass is 32.1.